The average Bonchev–Trinajstić information content (AvgIpc) is 2.56. The molecule has 0 amide bonds. The lowest BCUT2D eigenvalue weighted by Crippen LogP contribution is -2.35. The molecular weight excluding hydrogens is 210 g/mol. The number of aromatic nitrogens is 2. The predicted octanol–water partition coefficient (Wildman–Crippen LogP) is 2.64. The zero-order valence-electron chi connectivity index (χ0n) is 11.5. The van der Waals surface area contributed by atoms with Gasteiger partial charge in [0.05, 0.1) is 6.20 Å². The predicted molar refractivity (Wildman–Crippen MR) is 70.8 cm³/mol. The molecule has 0 saturated heterocycles. The summed E-state index contributed by atoms with van der Waals surface area (Å²) in [7, 11) is 2.00. The minimum Gasteiger partial charge on any atom is -0.310 e. The Kier molecular flexibility index (Phi) is 3.87. The Morgan fingerprint density at radius 3 is 2.47 bits per heavy atom. The van der Waals surface area contributed by atoms with Crippen LogP contribution in [0.25, 0.3) is 0 Å². The second kappa shape index (κ2) is 5.21. The van der Waals surface area contributed by atoms with E-state index in [0.717, 1.165) is 18.4 Å². The first-order chi connectivity index (χ1) is 8.06. The van der Waals surface area contributed by atoms with E-state index in [4.69, 9.17) is 0 Å². The number of rotatable bonds is 3. The van der Waals surface area contributed by atoms with Gasteiger partial charge in [-0.25, -0.2) is 0 Å². The number of nitrogens with zero attached hydrogens (tertiary/aromatic N) is 2. The Labute approximate surface area is 105 Å². The van der Waals surface area contributed by atoms with Crippen LogP contribution in [0.5, 0.6) is 0 Å². The zero-order chi connectivity index (χ0) is 12.4. The Balaban J connectivity index is 1.87. The molecule has 3 heteroatoms. The smallest absolute Gasteiger partial charge is 0.0537 e. The molecule has 1 aliphatic carbocycles. The van der Waals surface area contributed by atoms with Gasteiger partial charge in [-0.05, 0) is 38.0 Å². The molecule has 1 aromatic heterocycles. The van der Waals surface area contributed by atoms with Crippen LogP contribution in [0.4, 0.5) is 0 Å². The molecule has 1 heterocycles. The van der Waals surface area contributed by atoms with Crippen LogP contribution in [0.3, 0.4) is 0 Å². The normalized spacial score (nSPS) is 29.5. The van der Waals surface area contributed by atoms with E-state index >= 15 is 0 Å². The second-order valence-electron chi connectivity index (χ2n) is 5.87. The first kappa shape index (κ1) is 12.6. The summed E-state index contributed by atoms with van der Waals surface area (Å²) in [6.07, 6.45) is 6.02. The van der Waals surface area contributed by atoms with Crippen molar-refractivity contribution in [3.05, 3.63) is 17.5 Å². The molecule has 96 valence electrons. The van der Waals surface area contributed by atoms with Gasteiger partial charge in [-0.1, -0.05) is 13.8 Å². The zero-order valence-corrected chi connectivity index (χ0v) is 11.5. The number of hydrogen-bond acceptors (Lipinski definition) is 2. The lowest BCUT2D eigenvalue weighted by atomic mass is 9.80. The minimum atomic E-state index is 0.688. The minimum absolute atomic E-state index is 0.688. The molecule has 2 atom stereocenters. The third kappa shape index (κ3) is 3.09. The Morgan fingerprint density at radius 2 is 1.94 bits per heavy atom. The van der Waals surface area contributed by atoms with Gasteiger partial charge < -0.3 is 5.32 Å². The van der Waals surface area contributed by atoms with E-state index in [0.29, 0.717) is 6.04 Å². The molecule has 1 fully saturated rings. The van der Waals surface area contributed by atoms with Crippen molar-refractivity contribution in [1.29, 1.82) is 0 Å². The molecule has 1 aromatic rings. The van der Waals surface area contributed by atoms with Crippen molar-refractivity contribution in [2.45, 2.75) is 52.6 Å². The van der Waals surface area contributed by atoms with Crippen molar-refractivity contribution < 1.29 is 0 Å². The van der Waals surface area contributed by atoms with Crippen LogP contribution in [0.1, 0.15) is 44.4 Å². The molecule has 0 aromatic carbocycles. The molecule has 2 rings (SSSR count). The largest absolute Gasteiger partial charge is 0.310 e. The van der Waals surface area contributed by atoms with Gasteiger partial charge in [0, 0.05) is 30.9 Å². The van der Waals surface area contributed by atoms with Gasteiger partial charge in [0.25, 0.3) is 0 Å². The fraction of sp³-hybridized carbons (Fsp3) is 0.786. The van der Waals surface area contributed by atoms with Gasteiger partial charge in [-0.15, -0.1) is 0 Å². The van der Waals surface area contributed by atoms with Crippen LogP contribution >= 0.6 is 0 Å². The van der Waals surface area contributed by atoms with Crippen molar-refractivity contribution in [1.82, 2.24) is 15.1 Å². The molecule has 17 heavy (non-hydrogen) atoms. The molecule has 0 aliphatic heterocycles. The van der Waals surface area contributed by atoms with E-state index in [-0.39, 0.29) is 0 Å². The van der Waals surface area contributed by atoms with Crippen LogP contribution in [-0.4, -0.2) is 15.8 Å². The maximum Gasteiger partial charge on any atom is 0.0537 e. The Hall–Kier alpha value is -0.830. The van der Waals surface area contributed by atoms with Gasteiger partial charge >= 0.3 is 0 Å². The lowest BCUT2D eigenvalue weighted by molar-refractivity contribution is 0.238. The Bertz CT molecular complexity index is 360. The van der Waals surface area contributed by atoms with Crippen molar-refractivity contribution in [2.75, 3.05) is 0 Å². The molecule has 0 spiro atoms. The number of hydrogen-bond donors (Lipinski definition) is 1. The van der Waals surface area contributed by atoms with Gasteiger partial charge in [0.15, 0.2) is 0 Å². The fourth-order valence-corrected chi connectivity index (χ4v) is 3.09. The monoisotopic (exact) mass is 235 g/mol. The molecule has 2 unspecified atom stereocenters. The summed E-state index contributed by atoms with van der Waals surface area (Å²) in [6, 6.07) is 0.688. The Morgan fingerprint density at radius 1 is 1.29 bits per heavy atom. The first-order valence-corrected chi connectivity index (χ1v) is 6.77. The highest BCUT2D eigenvalue weighted by molar-refractivity contribution is 5.15. The highest BCUT2D eigenvalue weighted by Crippen LogP contribution is 2.28. The van der Waals surface area contributed by atoms with Gasteiger partial charge in [-0.3, -0.25) is 4.68 Å². The van der Waals surface area contributed by atoms with Gasteiger partial charge in [-0.2, -0.15) is 5.10 Å². The summed E-state index contributed by atoms with van der Waals surface area (Å²) in [6.45, 7) is 7.85. The maximum atomic E-state index is 4.29. The van der Waals surface area contributed by atoms with Gasteiger partial charge in [0.1, 0.15) is 0 Å². The molecular formula is C14H25N3. The lowest BCUT2D eigenvalue weighted by Gasteiger charge is -2.32. The average molecular weight is 235 g/mol. The molecule has 1 N–H and O–H groups in total. The van der Waals surface area contributed by atoms with E-state index in [1.807, 2.05) is 17.9 Å². The fourth-order valence-electron chi connectivity index (χ4n) is 3.09. The van der Waals surface area contributed by atoms with E-state index < -0.39 is 0 Å². The summed E-state index contributed by atoms with van der Waals surface area (Å²) < 4.78 is 1.95. The van der Waals surface area contributed by atoms with E-state index in [2.05, 4.69) is 31.2 Å². The van der Waals surface area contributed by atoms with E-state index in [9.17, 15) is 0 Å². The molecule has 1 aliphatic rings. The van der Waals surface area contributed by atoms with E-state index in [1.165, 1.54) is 30.5 Å². The third-order valence-electron chi connectivity index (χ3n) is 4.10. The van der Waals surface area contributed by atoms with Crippen LogP contribution in [0.15, 0.2) is 6.20 Å². The van der Waals surface area contributed by atoms with Crippen LogP contribution in [0.2, 0.25) is 0 Å². The summed E-state index contributed by atoms with van der Waals surface area (Å²) in [5.41, 5.74) is 2.60. The van der Waals surface area contributed by atoms with Crippen LogP contribution in [0, 0.1) is 18.8 Å². The summed E-state index contributed by atoms with van der Waals surface area (Å²) in [4.78, 5) is 0. The maximum absolute atomic E-state index is 4.29. The second-order valence-corrected chi connectivity index (χ2v) is 5.87. The number of nitrogens with one attached hydrogen (secondary N) is 1. The SMILES string of the molecule is Cc1c(CNC2CC(C)CC(C)C2)cnn1C. The molecule has 3 nitrogen and oxygen atoms in total. The highest BCUT2D eigenvalue weighted by Gasteiger charge is 2.23. The van der Waals surface area contributed by atoms with Crippen LogP contribution < -0.4 is 5.32 Å². The number of aryl methyl sites for hydroxylation is 1. The molecule has 0 bridgehead atoms. The van der Waals surface area contributed by atoms with Crippen molar-refractivity contribution in [3.63, 3.8) is 0 Å². The van der Waals surface area contributed by atoms with Crippen LogP contribution in [-0.2, 0) is 13.6 Å². The van der Waals surface area contributed by atoms with Crippen molar-refractivity contribution in [2.24, 2.45) is 18.9 Å². The summed E-state index contributed by atoms with van der Waals surface area (Å²) in [5, 5.41) is 7.99. The quantitative estimate of drug-likeness (QED) is 0.873. The third-order valence-corrected chi connectivity index (χ3v) is 4.10. The topological polar surface area (TPSA) is 29.9 Å². The van der Waals surface area contributed by atoms with Crippen molar-refractivity contribution >= 4 is 0 Å². The van der Waals surface area contributed by atoms with E-state index in [1.54, 1.807) is 0 Å². The van der Waals surface area contributed by atoms with Gasteiger partial charge in [0.2, 0.25) is 0 Å². The summed E-state index contributed by atoms with van der Waals surface area (Å²) >= 11 is 0. The molecule has 1 saturated carbocycles. The highest BCUT2D eigenvalue weighted by atomic mass is 15.3. The molecule has 0 radical (unpaired) electrons. The first-order valence-electron chi connectivity index (χ1n) is 6.77. The van der Waals surface area contributed by atoms with Crippen molar-refractivity contribution in [3.8, 4) is 0 Å². The summed E-state index contributed by atoms with van der Waals surface area (Å²) in [5.74, 6) is 1.73. The standard InChI is InChI=1S/C14H25N3/c1-10-5-11(2)7-14(6-10)15-8-13-9-16-17(4)12(13)3/h9-11,14-15H,5-8H2,1-4H3.